The summed E-state index contributed by atoms with van der Waals surface area (Å²) in [5.74, 6) is 0.00814. The summed E-state index contributed by atoms with van der Waals surface area (Å²) >= 11 is 3.17. The average Bonchev–Trinajstić information content (AvgIpc) is 3.32. The van der Waals surface area contributed by atoms with Crippen LogP contribution < -0.4 is 10.6 Å². The van der Waals surface area contributed by atoms with E-state index >= 15 is 0 Å². The number of nitriles is 1. The summed E-state index contributed by atoms with van der Waals surface area (Å²) in [4.78, 5) is 13.5. The van der Waals surface area contributed by atoms with Crippen molar-refractivity contribution in [1.82, 2.24) is 10.6 Å². The van der Waals surface area contributed by atoms with E-state index in [0.29, 0.717) is 23.2 Å². The van der Waals surface area contributed by atoms with E-state index in [2.05, 4.69) is 16.7 Å². The largest absolute Gasteiger partial charge is 0.348 e. The maximum absolute atomic E-state index is 12.4. The van der Waals surface area contributed by atoms with E-state index in [1.807, 2.05) is 35.7 Å². The molecule has 1 aromatic carbocycles. The van der Waals surface area contributed by atoms with Gasteiger partial charge in [-0.25, -0.2) is 0 Å². The van der Waals surface area contributed by atoms with E-state index in [0.717, 1.165) is 21.9 Å². The van der Waals surface area contributed by atoms with Crippen molar-refractivity contribution >= 4 is 29.0 Å². The van der Waals surface area contributed by atoms with Crippen molar-refractivity contribution in [3.63, 3.8) is 0 Å². The minimum absolute atomic E-state index is 0.00814. The Morgan fingerprint density at radius 1 is 1.33 bits per heavy atom. The maximum atomic E-state index is 12.4. The van der Waals surface area contributed by atoms with Gasteiger partial charge in [0, 0.05) is 34.0 Å². The lowest BCUT2D eigenvalue weighted by Crippen LogP contribution is -2.42. The lowest BCUT2D eigenvalue weighted by molar-refractivity contribution is 0.0931. The second-order valence-corrected chi connectivity index (χ2v) is 8.54. The van der Waals surface area contributed by atoms with Crippen LogP contribution in [0.3, 0.4) is 0 Å². The fourth-order valence-electron chi connectivity index (χ4n) is 3.45. The zero-order valence-electron chi connectivity index (χ0n) is 13.0. The molecule has 0 aliphatic carbocycles. The molecule has 2 saturated heterocycles. The van der Waals surface area contributed by atoms with E-state index in [9.17, 15) is 4.79 Å². The van der Waals surface area contributed by atoms with Gasteiger partial charge in [0.05, 0.1) is 9.77 Å². The fraction of sp³-hybridized carbons (Fsp3) is 0.333. The molecule has 1 amide bonds. The quantitative estimate of drug-likeness (QED) is 0.882. The molecule has 2 bridgehead atoms. The van der Waals surface area contributed by atoms with Gasteiger partial charge in [0.25, 0.3) is 5.91 Å². The number of nitrogens with one attached hydrogen (secondary N) is 2. The zero-order chi connectivity index (χ0) is 16.5. The standard InChI is InChI=1S/C18H17N3OS2/c19-9-11-7-17(23-10-11)24-14-4-1-12(2-5-14)18(22)21-16-8-13-3-6-15(16)20-13/h1-2,4-5,7,10,13,15-16,20H,3,6,8H2,(H,21,22)/t13-,15+,16-/m1/s1. The number of thiophene rings is 1. The number of carbonyl (C=O) groups is 1. The number of fused-ring (bicyclic) bond motifs is 2. The maximum Gasteiger partial charge on any atom is 0.251 e. The van der Waals surface area contributed by atoms with E-state index in [4.69, 9.17) is 5.26 Å². The monoisotopic (exact) mass is 355 g/mol. The average molecular weight is 355 g/mol. The second-order valence-electron chi connectivity index (χ2n) is 6.26. The molecule has 2 aliphatic heterocycles. The normalized spacial score (nSPS) is 24.7. The van der Waals surface area contributed by atoms with Gasteiger partial charge in [-0.2, -0.15) is 5.26 Å². The van der Waals surface area contributed by atoms with Gasteiger partial charge in [-0.1, -0.05) is 11.8 Å². The summed E-state index contributed by atoms with van der Waals surface area (Å²) in [6.45, 7) is 0. The van der Waals surface area contributed by atoms with Crippen LogP contribution in [0.25, 0.3) is 0 Å². The number of benzene rings is 1. The van der Waals surface area contributed by atoms with Crippen molar-refractivity contribution in [3.8, 4) is 6.07 Å². The Kier molecular flexibility index (Phi) is 4.31. The molecule has 3 heterocycles. The highest BCUT2D eigenvalue weighted by atomic mass is 32.2. The Labute approximate surface area is 149 Å². The van der Waals surface area contributed by atoms with E-state index in [1.54, 1.807) is 23.1 Å². The molecule has 4 rings (SSSR count). The second kappa shape index (κ2) is 6.60. The summed E-state index contributed by atoms with van der Waals surface area (Å²) in [5, 5.41) is 17.4. The highest BCUT2D eigenvalue weighted by molar-refractivity contribution is 8.01. The molecule has 2 N–H and O–H groups in total. The van der Waals surface area contributed by atoms with E-state index in [-0.39, 0.29) is 11.9 Å². The highest BCUT2D eigenvalue weighted by Crippen LogP contribution is 2.33. The van der Waals surface area contributed by atoms with Crippen LogP contribution in [-0.2, 0) is 0 Å². The van der Waals surface area contributed by atoms with E-state index in [1.165, 1.54) is 6.42 Å². The number of rotatable bonds is 4. The fourth-order valence-corrected chi connectivity index (χ4v) is 5.33. The van der Waals surface area contributed by atoms with Gasteiger partial charge >= 0.3 is 0 Å². The first-order valence-electron chi connectivity index (χ1n) is 8.05. The lowest BCUT2D eigenvalue weighted by Gasteiger charge is -2.21. The molecule has 122 valence electrons. The van der Waals surface area contributed by atoms with Crippen LogP contribution in [0.2, 0.25) is 0 Å². The van der Waals surface area contributed by atoms with Crippen LogP contribution in [0.5, 0.6) is 0 Å². The van der Waals surface area contributed by atoms with Crippen molar-refractivity contribution in [3.05, 3.63) is 46.8 Å². The summed E-state index contributed by atoms with van der Waals surface area (Å²) in [5.41, 5.74) is 1.39. The Morgan fingerprint density at radius 3 is 2.79 bits per heavy atom. The van der Waals surface area contributed by atoms with Crippen molar-refractivity contribution < 1.29 is 4.79 Å². The summed E-state index contributed by atoms with van der Waals surface area (Å²) in [6, 6.07) is 13.0. The third-order valence-corrected chi connectivity index (χ3v) is 6.74. The highest BCUT2D eigenvalue weighted by Gasteiger charge is 2.39. The molecule has 24 heavy (non-hydrogen) atoms. The SMILES string of the molecule is N#Cc1csc(Sc2ccc(C(=O)N[C@@H]3C[C@H]4CC[C@@H]3N4)cc2)c1. The first kappa shape index (κ1) is 15.7. The Morgan fingerprint density at radius 2 is 2.17 bits per heavy atom. The molecule has 2 fully saturated rings. The summed E-state index contributed by atoms with van der Waals surface area (Å²) in [7, 11) is 0. The van der Waals surface area contributed by atoms with Crippen LogP contribution in [0, 0.1) is 11.3 Å². The predicted octanol–water partition coefficient (Wildman–Crippen LogP) is 3.39. The first-order valence-corrected chi connectivity index (χ1v) is 9.74. The van der Waals surface area contributed by atoms with Gasteiger partial charge in [-0.05, 0) is 49.6 Å². The summed E-state index contributed by atoms with van der Waals surface area (Å²) in [6.07, 6.45) is 3.44. The molecule has 2 aromatic rings. The van der Waals surface area contributed by atoms with Gasteiger partial charge in [0.1, 0.15) is 6.07 Å². The van der Waals surface area contributed by atoms with Crippen molar-refractivity contribution in [2.45, 2.75) is 46.5 Å². The lowest BCUT2D eigenvalue weighted by atomic mass is 9.95. The number of hydrogen-bond acceptors (Lipinski definition) is 5. The van der Waals surface area contributed by atoms with Gasteiger partial charge in [-0.15, -0.1) is 11.3 Å². The van der Waals surface area contributed by atoms with Gasteiger partial charge in [-0.3, -0.25) is 4.79 Å². The minimum atomic E-state index is 0.00814. The molecule has 0 radical (unpaired) electrons. The number of amides is 1. The van der Waals surface area contributed by atoms with Crippen LogP contribution >= 0.6 is 23.1 Å². The molecule has 3 atom stereocenters. The van der Waals surface area contributed by atoms with Crippen molar-refractivity contribution in [2.75, 3.05) is 0 Å². The Hall–Kier alpha value is -1.81. The molecule has 4 nitrogen and oxygen atoms in total. The molecular formula is C18H17N3OS2. The number of hydrogen-bond donors (Lipinski definition) is 2. The van der Waals surface area contributed by atoms with Gasteiger partial charge < -0.3 is 10.6 Å². The van der Waals surface area contributed by atoms with Crippen molar-refractivity contribution in [1.29, 1.82) is 5.26 Å². The van der Waals surface area contributed by atoms with Crippen LogP contribution in [0.15, 0.2) is 44.8 Å². The third kappa shape index (κ3) is 3.20. The molecule has 6 heteroatoms. The molecule has 0 unspecified atom stereocenters. The number of nitrogens with zero attached hydrogens (tertiary/aromatic N) is 1. The Balaban J connectivity index is 1.38. The summed E-state index contributed by atoms with van der Waals surface area (Å²) < 4.78 is 1.08. The minimum Gasteiger partial charge on any atom is -0.348 e. The Bertz CT molecular complexity index is 793. The predicted molar refractivity (Wildman–Crippen MR) is 95.4 cm³/mol. The molecular weight excluding hydrogens is 338 g/mol. The third-order valence-electron chi connectivity index (χ3n) is 4.66. The molecule has 0 saturated carbocycles. The number of carbonyl (C=O) groups excluding carboxylic acids is 1. The molecule has 2 aliphatic rings. The zero-order valence-corrected chi connectivity index (χ0v) is 14.6. The van der Waals surface area contributed by atoms with Gasteiger partial charge in [0.15, 0.2) is 0 Å². The van der Waals surface area contributed by atoms with Crippen LogP contribution in [-0.4, -0.2) is 24.0 Å². The van der Waals surface area contributed by atoms with E-state index < -0.39 is 0 Å². The van der Waals surface area contributed by atoms with Crippen molar-refractivity contribution in [2.24, 2.45) is 0 Å². The molecule has 0 spiro atoms. The molecule has 1 aromatic heterocycles. The first-order chi connectivity index (χ1) is 11.7. The smallest absolute Gasteiger partial charge is 0.251 e. The van der Waals surface area contributed by atoms with Crippen LogP contribution in [0.1, 0.15) is 35.2 Å². The topological polar surface area (TPSA) is 64.9 Å². The van der Waals surface area contributed by atoms with Crippen LogP contribution in [0.4, 0.5) is 0 Å². The van der Waals surface area contributed by atoms with Gasteiger partial charge in [0.2, 0.25) is 0 Å².